The minimum atomic E-state index is -0.427. The number of carbonyl (C=O) groups excluding carboxylic acids is 1. The third-order valence-electron chi connectivity index (χ3n) is 5.92. The first kappa shape index (κ1) is 20.7. The molecule has 0 aromatic heterocycles. The number of ether oxygens (including phenoxy) is 1. The number of aromatic hydroxyl groups is 1. The third kappa shape index (κ3) is 4.40. The standard InChI is InChI=1S/C29H23NO3/c31-23-15-14-21-17-20(12-13-22(21)18-23)7-5-6-16-30-29(32)33-19-28-26-10-3-1-8-24(26)25-9-2-4-11-27(25)28/h1-4,8-15,17-18,28,31H,6,16,19H2,(H,30,32). The smallest absolute Gasteiger partial charge is 0.407 e. The summed E-state index contributed by atoms with van der Waals surface area (Å²) in [6, 6.07) is 27.7. The van der Waals surface area contributed by atoms with Gasteiger partial charge in [-0.1, -0.05) is 72.5 Å². The van der Waals surface area contributed by atoms with Crippen LogP contribution in [0.1, 0.15) is 29.0 Å². The number of nitrogens with one attached hydrogen (secondary N) is 1. The van der Waals surface area contributed by atoms with Crippen LogP contribution in [-0.4, -0.2) is 24.4 Å². The number of carbonyl (C=O) groups is 1. The maximum atomic E-state index is 12.2. The topological polar surface area (TPSA) is 58.6 Å². The first-order valence-corrected chi connectivity index (χ1v) is 11.0. The fourth-order valence-electron chi connectivity index (χ4n) is 4.35. The minimum absolute atomic E-state index is 0.0535. The molecular formula is C29H23NO3. The Morgan fingerprint density at radius 2 is 1.55 bits per heavy atom. The van der Waals surface area contributed by atoms with Gasteiger partial charge in [0.15, 0.2) is 0 Å². The number of hydrogen-bond acceptors (Lipinski definition) is 3. The molecule has 5 rings (SSSR count). The highest BCUT2D eigenvalue weighted by molar-refractivity contribution is 5.85. The van der Waals surface area contributed by atoms with Gasteiger partial charge in [0.1, 0.15) is 12.4 Å². The van der Waals surface area contributed by atoms with E-state index in [0.717, 1.165) is 16.3 Å². The van der Waals surface area contributed by atoms with Crippen LogP contribution in [-0.2, 0) is 4.74 Å². The van der Waals surface area contributed by atoms with Gasteiger partial charge in [-0.2, -0.15) is 0 Å². The SMILES string of the molecule is O=C(NCCC#Cc1ccc2cc(O)ccc2c1)OCC1c2ccccc2-c2ccccc21. The van der Waals surface area contributed by atoms with Crippen LogP contribution in [0.25, 0.3) is 21.9 Å². The maximum absolute atomic E-state index is 12.2. The van der Waals surface area contributed by atoms with Crippen LogP contribution in [0.2, 0.25) is 0 Å². The molecule has 1 aliphatic carbocycles. The summed E-state index contributed by atoms with van der Waals surface area (Å²) in [5.74, 6) is 6.51. The average Bonchev–Trinajstić information content (AvgIpc) is 3.16. The van der Waals surface area contributed by atoms with Gasteiger partial charge < -0.3 is 15.2 Å². The van der Waals surface area contributed by atoms with Crippen molar-refractivity contribution < 1.29 is 14.6 Å². The number of fused-ring (bicyclic) bond motifs is 4. The Morgan fingerprint density at radius 3 is 2.30 bits per heavy atom. The van der Waals surface area contributed by atoms with Crippen LogP contribution in [0.5, 0.6) is 5.75 Å². The summed E-state index contributed by atoms with van der Waals surface area (Å²) in [7, 11) is 0. The summed E-state index contributed by atoms with van der Waals surface area (Å²) >= 11 is 0. The molecule has 0 aliphatic heterocycles. The molecule has 0 radical (unpaired) electrons. The van der Waals surface area contributed by atoms with E-state index < -0.39 is 6.09 Å². The Balaban J connectivity index is 1.13. The molecule has 162 valence electrons. The van der Waals surface area contributed by atoms with Crippen molar-refractivity contribution in [2.24, 2.45) is 0 Å². The Kier molecular flexibility index (Phi) is 5.70. The highest BCUT2D eigenvalue weighted by atomic mass is 16.5. The van der Waals surface area contributed by atoms with Gasteiger partial charge in [-0.25, -0.2) is 4.79 Å². The zero-order valence-corrected chi connectivity index (χ0v) is 18.0. The van der Waals surface area contributed by atoms with Crippen molar-refractivity contribution in [2.75, 3.05) is 13.2 Å². The molecular weight excluding hydrogens is 410 g/mol. The van der Waals surface area contributed by atoms with Crippen molar-refractivity contribution in [3.63, 3.8) is 0 Å². The van der Waals surface area contributed by atoms with E-state index in [1.54, 1.807) is 12.1 Å². The number of alkyl carbamates (subject to hydrolysis) is 1. The van der Waals surface area contributed by atoms with Crippen molar-refractivity contribution in [3.8, 4) is 28.7 Å². The lowest BCUT2D eigenvalue weighted by atomic mass is 9.98. The van der Waals surface area contributed by atoms with E-state index in [2.05, 4.69) is 41.4 Å². The van der Waals surface area contributed by atoms with Gasteiger partial charge in [0.2, 0.25) is 0 Å². The van der Waals surface area contributed by atoms with Crippen molar-refractivity contribution in [3.05, 3.63) is 102 Å². The van der Waals surface area contributed by atoms with Gasteiger partial charge in [0, 0.05) is 24.4 Å². The summed E-state index contributed by atoms with van der Waals surface area (Å²) in [6.07, 6.45) is 0.0989. The molecule has 0 bridgehead atoms. The van der Waals surface area contributed by atoms with Crippen LogP contribution in [0, 0.1) is 11.8 Å². The molecule has 0 heterocycles. The fourth-order valence-corrected chi connectivity index (χ4v) is 4.35. The van der Waals surface area contributed by atoms with E-state index in [1.165, 1.54) is 22.3 Å². The average molecular weight is 434 g/mol. The highest BCUT2D eigenvalue weighted by Crippen LogP contribution is 2.44. The van der Waals surface area contributed by atoms with Crippen molar-refractivity contribution in [2.45, 2.75) is 12.3 Å². The number of amides is 1. The van der Waals surface area contributed by atoms with Gasteiger partial charge in [-0.05, 0) is 57.3 Å². The van der Waals surface area contributed by atoms with E-state index >= 15 is 0 Å². The molecule has 33 heavy (non-hydrogen) atoms. The monoisotopic (exact) mass is 433 g/mol. The lowest BCUT2D eigenvalue weighted by Gasteiger charge is -2.14. The molecule has 0 atom stereocenters. The van der Waals surface area contributed by atoms with E-state index in [-0.39, 0.29) is 11.7 Å². The molecule has 0 unspecified atom stereocenters. The molecule has 0 spiro atoms. The highest BCUT2D eigenvalue weighted by Gasteiger charge is 2.28. The van der Waals surface area contributed by atoms with E-state index in [9.17, 15) is 9.90 Å². The van der Waals surface area contributed by atoms with E-state index in [0.29, 0.717) is 19.6 Å². The molecule has 1 aliphatic rings. The fraction of sp³-hybridized carbons (Fsp3) is 0.138. The minimum Gasteiger partial charge on any atom is -0.508 e. The van der Waals surface area contributed by atoms with Crippen LogP contribution >= 0.6 is 0 Å². The number of phenolic OH excluding ortho intramolecular Hbond substituents is 1. The molecule has 4 nitrogen and oxygen atoms in total. The summed E-state index contributed by atoms with van der Waals surface area (Å²) < 4.78 is 5.54. The van der Waals surface area contributed by atoms with Gasteiger partial charge in [0.05, 0.1) is 0 Å². The molecule has 0 saturated carbocycles. The normalized spacial score (nSPS) is 11.9. The second kappa shape index (κ2) is 9.10. The molecule has 0 saturated heterocycles. The summed E-state index contributed by atoms with van der Waals surface area (Å²) in [4.78, 5) is 12.2. The lowest BCUT2D eigenvalue weighted by Crippen LogP contribution is -2.26. The third-order valence-corrected chi connectivity index (χ3v) is 5.92. The molecule has 1 amide bonds. The quantitative estimate of drug-likeness (QED) is 0.315. The Bertz CT molecular complexity index is 1350. The number of phenols is 1. The molecule has 4 aromatic rings. The lowest BCUT2D eigenvalue weighted by molar-refractivity contribution is 0.143. The van der Waals surface area contributed by atoms with Crippen LogP contribution in [0.4, 0.5) is 4.79 Å². The van der Waals surface area contributed by atoms with Gasteiger partial charge >= 0.3 is 6.09 Å². The van der Waals surface area contributed by atoms with Crippen LogP contribution < -0.4 is 5.32 Å². The number of hydrogen-bond donors (Lipinski definition) is 2. The predicted molar refractivity (Wildman–Crippen MR) is 130 cm³/mol. The first-order valence-electron chi connectivity index (χ1n) is 11.0. The second-order valence-corrected chi connectivity index (χ2v) is 8.05. The Hall–Kier alpha value is -4.23. The summed E-state index contributed by atoms with van der Waals surface area (Å²) in [5, 5.41) is 14.3. The molecule has 4 heteroatoms. The van der Waals surface area contributed by atoms with Crippen molar-refractivity contribution in [1.29, 1.82) is 0 Å². The van der Waals surface area contributed by atoms with Gasteiger partial charge in [-0.3, -0.25) is 0 Å². The Morgan fingerprint density at radius 1 is 0.879 bits per heavy atom. The first-order chi connectivity index (χ1) is 16.2. The maximum Gasteiger partial charge on any atom is 0.407 e. The zero-order valence-electron chi connectivity index (χ0n) is 18.0. The van der Waals surface area contributed by atoms with E-state index in [4.69, 9.17) is 4.74 Å². The van der Waals surface area contributed by atoms with Crippen LogP contribution in [0.3, 0.4) is 0 Å². The molecule has 4 aromatic carbocycles. The largest absolute Gasteiger partial charge is 0.508 e. The Labute approximate surface area is 192 Å². The van der Waals surface area contributed by atoms with Gasteiger partial charge in [-0.15, -0.1) is 0 Å². The number of benzene rings is 4. The summed E-state index contributed by atoms with van der Waals surface area (Å²) in [5.41, 5.74) is 5.71. The van der Waals surface area contributed by atoms with Gasteiger partial charge in [0.25, 0.3) is 0 Å². The molecule has 0 fully saturated rings. The summed E-state index contributed by atoms with van der Waals surface area (Å²) in [6.45, 7) is 0.726. The van der Waals surface area contributed by atoms with Crippen molar-refractivity contribution in [1.82, 2.24) is 5.32 Å². The predicted octanol–water partition coefficient (Wildman–Crippen LogP) is 5.83. The van der Waals surface area contributed by atoms with Crippen molar-refractivity contribution >= 4 is 16.9 Å². The number of rotatable bonds is 4. The van der Waals surface area contributed by atoms with E-state index in [1.807, 2.05) is 48.5 Å². The van der Waals surface area contributed by atoms with Crippen LogP contribution in [0.15, 0.2) is 84.9 Å². The zero-order chi connectivity index (χ0) is 22.6. The molecule has 2 N–H and O–H groups in total. The second-order valence-electron chi connectivity index (χ2n) is 8.05.